The Bertz CT molecular complexity index is 230. The molecule has 2 rings (SSSR count). The highest BCUT2D eigenvalue weighted by molar-refractivity contribution is 4.94. The lowest BCUT2D eigenvalue weighted by molar-refractivity contribution is 0.110. The van der Waals surface area contributed by atoms with Crippen LogP contribution >= 0.6 is 0 Å². The summed E-state index contributed by atoms with van der Waals surface area (Å²) in [6, 6.07) is 1.86. The fourth-order valence-electron chi connectivity index (χ4n) is 1.50. The second kappa shape index (κ2) is 4.39. The van der Waals surface area contributed by atoms with Gasteiger partial charge >= 0.3 is 0 Å². The highest BCUT2D eigenvalue weighted by atomic mass is 16.5. The van der Waals surface area contributed by atoms with Crippen LogP contribution < -0.4 is 5.32 Å². The number of aromatic nitrogens is 1. The van der Waals surface area contributed by atoms with Gasteiger partial charge < -0.3 is 14.6 Å². The van der Waals surface area contributed by atoms with Gasteiger partial charge in [-0.25, -0.2) is 0 Å². The van der Waals surface area contributed by atoms with Crippen LogP contribution in [0.3, 0.4) is 0 Å². The third-order valence-electron chi connectivity index (χ3n) is 2.19. The van der Waals surface area contributed by atoms with Crippen molar-refractivity contribution in [3.05, 3.63) is 18.0 Å². The van der Waals surface area contributed by atoms with Crippen LogP contribution in [0.2, 0.25) is 0 Å². The zero-order valence-electron chi connectivity index (χ0n) is 7.53. The first-order chi connectivity index (χ1) is 6.45. The molecule has 4 nitrogen and oxygen atoms in total. The summed E-state index contributed by atoms with van der Waals surface area (Å²) in [5.41, 5.74) is 0.943. The third kappa shape index (κ3) is 2.54. The number of rotatable bonds is 4. The quantitative estimate of drug-likeness (QED) is 0.753. The van der Waals surface area contributed by atoms with Crippen LogP contribution in [-0.2, 0) is 11.3 Å². The van der Waals surface area contributed by atoms with Crippen molar-refractivity contribution in [1.82, 2.24) is 10.5 Å². The van der Waals surface area contributed by atoms with Crippen molar-refractivity contribution in [2.75, 3.05) is 13.2 Å². The monoisotopic (exact) mass is 182 g/mol. The van der Waals surface area contributed by atoms with Gasteiger partial charge in [0.2, 0.25) is 0 Å². The Kier molecular flexibility index (Phi) is 2.94. The molecule has 4 heteroatoms. The molecule has 13 heavy (non-hydrogen) atoms. The SMILES string of the molecule is c1cc(CNCC2CCCO2)no1. The van der Waals surface area contributed by atoms with Crippen LogP contribution in [0.4, 0.5) is 0 Å². The minimum Gasteiger partial charge on any atom is -0.377 e. The van der Waals surface area contributed by atoms with E-state index in [-0.39, 0.29) is 0 Å². The summed E-state index contributed by atoms with van der Waals surface area (Å²) >= 11 is 0. The Morgan fingerprint density at radius 1 is 1.62 bits per heavy atom. The van der Waals surface area contributed by atoms with Crippen LogP contribution in [0.1, 0.15) is 18.5 Å². The summed E-state index contributed by atoms with van der Waals surface area (Å²) in [4.78, 5) is 0. The molecule has 0 aromatic carbocycles. The molecule has 1 saturated heterocycles. The maximum atomic E-state index is 5.47. The third-order valence-corrected chi connectivity index (χ3v) is 2.19. The van der Waals surface area contributed by atoms with E-state index >= 15 is 0 Å². The fourth-order valence-corrected chi connectivity index (χ4v) is 1.50. The molecule has 1 atom stereocenters. The number of hydrogen-bond acceptors (Lipinski definition) is 4. The Morgan fingerprint density at radius 3 is 3.31 bits per heavy atom. The van der Waals surface area contributed by atoms with Gasteiger partial charge in [-0.1, -0.05) is 5.16 Å². The van der Waals surface area contributed by atoms with E-state index in [0.29, 0.717) is 6.10 Å². The Labute approximate surface area is 77.2 Å². The molecule has 0 saturated carbocycles. The summed E-state index contributed by atoms with van der Waals surface area (Å²) < 4.78 is 10.2. The Balaban J connectivity index is 1.63. The smallest absolute Gasteiger partial charge is 0.124 e. The molecule has 0 bridgehead atoms. The first kappa shape index (κ1) is 8.72. The first-order valence-corrected chi connectivity index (χ1v) is 4.67. The molecule has 1 N–H and O–H groups in total. The van der Waals surface area contributed by atoms with Gasteiger partial charge in [-0.3, -0.25) is 0 Å². The first-order valence-electron chi connectivity index (χ1n) is 4.67. The van der Waals surface area contributed by atoms with E-state index in [1.54, 1.807) is 6.26 Å². The zero-order chi connectivity index (χ0) is 8.93. The standard InChI is InChI=1S/C9H14N2O2/c1-2-9(12-4-1)7-10-6-8-3-5-13-11-8/h3,5,9-10H,1-2,4,6-7H2. The maximum Gasteiger partial charge on any atom is 0.124 e. The fraction of sp³-hybridized carbons (Fsp3) is 0.667. The maximum absolute atomic E-state index is 5.47. The van der Waals surface area contributed by atoms with E-state index in [0.717, 1.165) is 25.4 Å². The second-order valence-corrected chi connectivity index (χ2v) is 3.26. The van der Waals surface area contributed by atoms with Crippen molar-refractivity contribution < 1.29 is 9.26 Å². The molecule has 1 aromatic rings. The van der Waals surface area contributed by atoms with Gasteiger partial charge in [0, 0.05) is 25.8 Å². The molecule has 1 aromatic heterocycles. The van der Waals surface area contributed by atoms with E-state index in [9.17, 15) is 0 Å². The summed E-state index contributed by atoms with van der Waals surface area (Å²) in [6.07, 6.45) is 4.34. The van der Waals surface area contributed by atoms with Crippen LogP contribution in [0.25, 0.3) is 0 Å². The van der Waals surface area contributed by atoms with Gasteiger partial charge in [-0.15, -0.1) is 0 Å². The van der Waals surface area contributed by atoms with E-state index in [4.69, 9.17) is 9.26 Å². The van der Waals surface area contributed by atoms with Gasteiger partial charge in [0.25, 0.3) is 0 Å². The summed E-state index contributed by atoms with van der Waals surface area (Å²) in [6.45, 7) is 2.58. The van der Waals surface area contributed by atoms with E-state index in [1.165, 1.54) is 12.8 Å². The summed E-state index contributed by atoms with van der Waals surface area (Å²) in [7, 11) is 0. The summed E-state index contributed by atoms with van der Waals surface area (Å²) in [5, 5.41) is 7.08. The minimum atomic E-state index is 0.395. The molecule has 72 valence electrons. The van der Waals surface area contributed by atoms with Crippen molar-refractivity contribution >= 4 is 0 Å². The molecular weight excluding hydrogens is 168 g/mol. The molecule has 1 aliphatic rings. The number of ether oxygens (including phenoxy) is 1. The van der Waals surface area contributed by atoms with Crippen molar-refractivity contribution in [3.63, 3.8) is 0 Å². The van der Waals surface area contributed by atoms with Crippen LogP contribution in [0.5, 0.6) is 0 Å². The molecule has 0 amide bonds. The topological polar surface area (TPSA) is 47.3 Å². The average Bonchev–Trinajstić information content (AvgIpc) is 2.75. The Hall–Kier alpha value is -0.870. The van der Waals surface area contributed by atoms with Crippen LogP contribution in [0, 0.1) is 0 Å². The predicted octanol–water partition coefficient (Wildman–Crippen LogP) is 0.943. The normalized spacial score (nSPS) is 22.3. The average molecular weight is 182 g/mol. The molecule has 0 aliphatic carbocycles. The van der Waals surface area contributed by atoms with Crippen LogP contribution in [0.15, 0.2) is 16.9 Å². The second-order valence-electron chi connectivity index (χ2n) is 3.26. The van der Waals surface area contributed by atoms with E-state index in [1.807, 2.05) is 6.07 Å². The lowest BCUT2D eigenvalue weighted by Gasteiger charge is -2.08. The van der Waals surface area contributed by atoms with Crippen molar-refractivity contribution in [2.45, 2.75) is 25.5 Å². The van der Waals surface area contributed by atoms with Gasteiger partial charge in [-0.2, -0.15) is 0 Å². The van der Waals surface area contributed by atoms with Crippen molar-refractivity contribution in [1.29, 1.82) is 0 Å². The van der Waals surface area contributed by atoms with Crippen molar-refractivity contribution in [3.8, 4) is 0 Å². The van der Waals surface area contributed by atoms with Gasteiger partial charge in [-0.05, 0) is 12.8 Å². The Morgan fingerprint density at radius 2 is 2.62 bits per heavy atom. The number of nitrogens with zero attached hydrogens (tertiary/aromatic N) is 1. The summed E-state index contributed by atoms with van der Waals surface area (Å²) in [5.74, 6) is 0. The molecular formula is C9H14N2O2. The lowest BCUT2D eigenvalue weighted by atomic mass is 10.2. The molecule has 1 aliphatic heterocycles. The molecule has 0 radical (unpaired) electrons. The largest absolute Gasteiger partial charge is 0.377 e. The highest BCUT2D eigenvalue weighted by Gasteiger charge is 2.14. The minimum absolute atomic E-state index is 0.395. The van der Waals surface area contributed by atoms with Crippen LogP contribution in [-0.4, -0.2) is 24.4 Å². The zero-order valence-corrected chi connectivity index (χ0v) is 7.53. The van der Waals surface area contributed by atoms with Gasteiger partial charge in [0.1, 0.15) is 6.26 Å². The number of hydrogen-bond donors (Lipinski definition) is 1. The molecule has 2 heterocycles. The van der Waals surface area contributed by atoms with Crippen molar-refractivity contribution in [2.24, 2.45) is 0 Å². The number of nitrogens with one attached hydrogen (secondary N) is 1. The van der Waals surface area contributed by atoms with E-state index in [2.05, 4.69) is 10.5 Å². The predicted molar refractivity (Wildman–Crippen MR) is 47.2 cm³/mol. The van der Waals surface area contributed by atoms with E-state index < -0.39 is 0 Å². The molecule has 1 fully saturated rings. The lowest BCUT2D eigenvalue weighted by Crippen LogP contribution is -2.25. The van der Waals surface area contributed by atoms with Gasteiger partial charge in [0.05, 0.1) is 11.8 Å². The molecule has 1 unspecified atom stereocenters. The molecule has 0 spiro atoms. The highest BCUT2D eigenvalue weighted by Crippen LogP contribution is 2.10. The van der Waals surface area contributed by atoms with Gasteiger partial charge in [0.15, 0.2) is 0 Å².